The molecule has 0 fully saturated rings. The van der Waals surface area contributed by atoms with Crippen LogP contribution in [-0.2, 0) is 11.3 Å². The molecule has 0 aliphatic carbocycles. The second-order valence-corrected chi connectivity index (χ2v) is 4.66. The van der Waals surface area contributed by atoms with E-state index in [2.05, 4.69) is 10.3 Å². The lowest BCUT2D eigenvalue weighted by atomic mass is 10.0. The molecule has 0 aromatic carbocycles. The zero-order valence-electron chi connectivity index (χ0n) is 11.2. The normalized spacial score (nSPS) is 14.2. The molecule has 0 bridgehead atoms. The van der Waals surface area contributed by atoms with Crippen molar-refractivity contribution in [2.75, 3.05) is 6.54 Å². The predicted octanol–water partition coefficient (Wildman–Crippen LogP) is 1.19. The highest BCUT2D eigenvalue weighted by atomic mass is 16.3. The summed E-state index contributed by atoms with van der Waals surface area (Å²) in [7, 11) is 0. The van der Waals surface area contributed by atoms with Gasteiger partial charge < -0.3 is 15.0 Å². The van der Waals surface area contributed by atoms with Crippen LogP contribution in [0.3, 0.4) is 0 Å². The van der Waals surface area contributed by atoms with Crippen LogP contribution in [0.5, 0.6) is 0 Å². The predicted molar refractivity (Wildman–Crippen MR) is 69.9 cm³/mol. The van der Waals surface area contributed by atoms with Gasteiger partial charge in [0.1, 0.15) is 0 Å². The third kappa shape index (κ3) is 5.31. The van der Waals surface area contributed by atoms with Crippen molar-refractivity contribution in [2.24, 2.45) is 5.92 Å². The number of rotatable bonds is 8. The van der Waals surface area contributed by atoms with Crippen molar-refractivity contribution in [1.82, 2.24) is 14.9 Å². The van der Waals surface area contributed by atoms with E-state index in [0.29, 0.717) is 13.0 Å². The zero-order chi connectivity index (χ0) is 13.4. The van der Waals surface area contributed by atoms with Gasteiger partial charge in [-0.15, -0.1) is 0 Å². The summed E-state index contributed by atoms with van der Waals surface area (Å²) in [5.74, 6) is 0.216. The first-order chi connectivity index (χ1) is 8.63. The van der Waals surface area contributed by atoms with Crippen molar-refractivity contribution in [3.05, 3.63) is 18.7 Å². The number of aryl methyl sites for hydroxylation is 1. The van der Waals surface area contributed by atoms with Crippen molar-refractivity contribution >= 4 is 5.91 Å². The Bertz CT molecular complexity index is 338. The fourth-order valence-electron chi connectivity index (χ4n) is 1.62. The molecule has 1 heterocycles. The number of amides is 1. The average Bonchev–Trinajstić information content (AvgIpc) is 2.88. The molecule has 0 aliphatic rings. The summed E-state index contributed by atoms with van der Waals surface area (Å²) in [5.41, 5.74) is 0. The Morgan fingerprint density at radius 3 is 2.94 bits per heavy atom. The van der Waals surface area contributed by atoms with E-state index >= 15 is 0 Å². The fourth-order valence-corrected chi connectivity index (χ4v) is 1.62. The van der Waals surface area contributed by atoms with E-state index in [9.17, 15) is 9.90 Å². The van der Waals surface area contributed by atoms with Crippen LogP contribution in [0.1, 0.15) is 33.1 Å². The quantitative estimate of drug-likeness (QED) is 0.731. The van der Waals surface area contributed by atoms with Gasteiger partial charge in [-0.1, -0.05) is 20.3 Å². The number of nitrogens with zero attached hydrogens (tertiary/aromatic N) is 2. The number of nitrogens with one attached hydrogen (secondary N) is 1. The van der Waals surface area contributed by atoms with E-state index < -0.39 is 6.10 Å². The molecule has 0 saturated heterocycles. The summed E-state index contributed by atoms with van der Waals surface area (Å²) >= 11 is 0. The molecule has 1 aromatic rings. The molecule has 2 N–H and O–H groups in total. The molecule has 0 saturated carbocycles. The summed E-state index contributed by atoms with van der Waals surface area (Å²) in [6.07, 6.45) is 7.07. The van der Waals surface area contributed by atoms with Crippen molar-refractivity contribution in [1.29, 1.82) is 0 Å². The van der Waals surface area contributed by atoms with Gasteiger partial charge >= 0.3 is 0 Å². The van der Waals surface area contributed by atoms with Crippen molar-refractivity contribution < 1.29 is 9.90 Å². The Kier molecular flexibility index (Phi) is 6.43. The van der Waals surface area contributed by atoms with Gasteiger partial charge in [-0.25, -0.2) is 4.98 Å². The van der Waals surface area contributed by atoms with Crippen molar-refractivity contribution in [3.8, 4) is 0 Å². The monoisotopic (exact) mass is 253 g/mol. The third-order valence-electron chi connectivity index (χ3n) is 3.19. The fraction of sp³-hybridized carbons (Fsp3) is 0.692. The largest absolute Gasteiger partial charge is 0.391 e. The highest BCUT2D eigenvalue weighted by Crippen LogP contribution is 2.06. The number of aliphatic hydroxyl groups excluding tert-OH is 1. The molecule has 1 aromatic heterocycles. The molecule has 0 aliphatic heterocycles. The van der Waals surface area contributed by atoms with Gasteiger partial charge in [0.05, 0.1) is 12.4 Å². The minimum Gasteiger partial charge on any atom is -0.391 e. The van der Waals surface area contributed by atoms with Crippen LogP contribution >= 0.6 is 0 Å². The topological polar surface area (TPSA) is 67.2 Å². The molecule has 0 radical (unpaired) electrons. The zero-order valence-corrected chi connectivity index (χ0v) is 11.2. The first kappa shape index (κ1) is 14.7. The molecule has 0 spiro atoms. The van der Waals surface area contributed by atoms with Gasteiger partial charge in [0.15, 0.2) is 0 Å². The van der Waals surface area contributed by atoms with Gasteiger partial charge in [-0.05, 0) is 12.3 Å². The molecule has 18 heavy (non-hydrogen) atoms. The van der Waals surface area contributed by atoms with E-state index in [-0.39, 0.29) is 11.8 Å². The Hall–Kier alpha value is -1.36. The lowest BCUT2D eigenvalue weighted by Gasteiger charge is -2.17. The van der Waals surface area contributed by atoms with E-state index in [0.717, 1.165) is 19.4 Å². The van der Waals surface area contributed by atoms with E-state index in [1.165, 1.54) is 0 Å². The van der Waals surface area contributed by atoms with Crippen LogP contribution in [0.25, 0.3) is 0 Å². The van der Waals surface area contributed by atoms with E-state index in [4.69, 9.17) is 0 Å². The van der Waals surface area contributed by atoms with Crippen LogP contribution in [-0.4, -0.2) is 33.2 Å². The third-order valence-corrected chi connectivity index (χ3v) is 3.19. The highest BCUT2D eigenvalue weighted by molar-refractivity contribution is 5.75. The molecule has 2 unspecified atom stereocenters. The lowest BCUT2D eigenvalue weighted by molar-refractivity contribution is -0.121. The molecule has 5 nitrogen and oxygen atoms in total. The summed E-state index contributed by atoms with van der Waals surface area (Å²) in [5, 5.41) is 12.5. The maximum Gasteiger partial charge on any atom is 0.220 e. The van der Waals surface area contributed by atoms with Crippen molar-refractivity contribution in [2.45, 2.75) is 45.8 Å². The summed E-state index contributed by atoms with van der Waals surface area (Å²) in [6.45, 7) is 5.15. The minimum atomic E-state index is -0.451. The van der Waals surface area contributed by atoms with Gasteiger partial charge in [0, 0.05) is 31.9 Å². The molecule has 1 amide bonds. The van der Waals surface area contributed by atoms with Crippen molar-refractivity contribution in [3.63, 3.8) is 0 Å². The second kappa shape index (κ2) is 7.87. The van der Waals surface area contributed by atoms with Crippen LogP contribution in [0.15, 0.2) is 18.7 Å². The smallest absolute Gasteiger partial charge is 0.220 e. The second-order valence-electron chi connectivity index (χ2n) is 4.66. The first-order valence-corrected chi connectivity index (χ1v) is 6.54. The Labute approximate surface area is 108 Å². The van der Waals surface area contributed by atoms with Crippen LogP contribution in [0.2, 0.25) is 0 Å². The molecular formula is C13H23N3O2. The molecule has 1 rings (SSSR count). The van der Waals surface area contributed by atoms with E-state index in [1.807, 2.05) is 24.6 Å². The molecule has 2 atom stereocenters. The SMILES string of the molecule is CCC(C)C(O)CNC(=O)CCCn1ccnc1. The maximum atomic E-state index is 11.5. The minimum absolute atomic E-state index is 0.00234. The Morgan fingerprint density at radius 1 is 1.56 bits per heavy atom. The summed E-state index contributed by atoms with van der Waals surface area (Å²) in [4.78, 5) is 15.5. The number of aromatic nitrogens is 2. The molecule has 102 valence electrons. The van der Waals surface area contributed by atoms with Crippen LogP contribution in [0.4, 0.5) is 0 Å². The molecular weight excluding hydrogens is 230 g/mol. The number of carbonyl (C=O) groups excluding carboxylic acids is 1. The number of hydrogen-bond acceptors (Lipinski definition) is 3. The van der Waals surface area contributed by atoms with Gasteiger partial charge in [-0.2, -0.15) is 0 Å². The van der Waals surface area contributed by atoms with Gasteiger partial charge in [0.2, 0.25) is 5.91 Å². The average molecular weight is 253 g/mol. The number of hydrogen-bond donors (Lipinski definition) is 2. The summed E-state index contributed by atoms with van der Waals surface area (Å²) in [6, 6.07) is 0. The number of imidazole rings is 1. The maximum absolute atomic E-state index is 11.5. The Morgan fingerprint density at radius 2 is 2.33 bits per heavy atom. The summed E-state index contributed by atoms with van der Waals surface area (Å²) < 4.78 is 1.95. The number of carbonyl (C=O) groups is 1. The highest BCUT2D eigenvalue weighted by Gasteiger charge is 2.12. The standard InChI is InChI=1S/C13H23N3O2/c1-3-11(2)12(17)9-15-13(18)5-4-7-16-8-6-14-10-16/h6,8,10-12,17H,3-5,7,9H2,1-2H3,(H,15,18). The molecule has 5 heteroatoms. The van der Waals surface area contributed by atoms with E-state index in [1.54, 1.807) is 12.5 Å². The van der Waals surface area contributed by atoms with Gasteiger partial charge in [-0.3, -0.25) is 4.79 Å². The van der Waals surface area contributed by atoms with Crippen LogP contribution in [0, 0.1) is 5.92 Å². The first-order valence-electron chi connectivity index (χ1n) is 6.54. The number of aliphatic hydroxyl groups is 1. The lowest BCUT2D eigenvalue weighted by Crippen LogP contribution is -2.35. The van der Waals surface area contributed by atoms with Crippen LogP contribution < -0.4 is 5.32 Å². The Balaban J connectivity index is 2.10. The van der Waals surface area contributed by atoms with Gasteiger partial charge in [0.25, 0.3) is 0 Å².